The van der Waals surface area contributed by atoms with Crippen molar-refractivity contribution < 1.29 is 31.1 Å². The Morgan fingerprint density at radius 2 is 1.89 bits per heavy atom. The van der Waals surface area contributed by atoms with Crippen LogP contribution in [0, 0.1) is 5.41 Å². The molecule has 3 aromatic rings. The molecule has 0 bridgehead atoms. The number of halogens is 3. The molecule has 3 aliphatic heterocycles. The summed E-state index contributed by atoms with van der Waals surface area (Å²) in [4.78, 5) is 25.5. The van der Waals surface area contributed by atoms with E-state index in [2.05, 4.69) is 39.2 Å². The van der Waals surface area contributed by atoms with Crippen molar-refractivity contribution in [3.63, 3.8) is 0 Å². The van der Waals surface area contributed by atoms with E-state index < -0.39 is 33.2 Å². The van der Waals surface area contributed by atoms with E-state index in [9.17, 15) is 26.4 Å². The molecule has 2 aliphatic carbocycles. The average molecular weight is 674 g/mol. The van der Waals surface area contributed by atoms with Crippen molar-refractivity contribution >= 4 is 38.7 Å². The lowest BCUT2D eigenvalue weighted by atomic mass is 9.86. The Morgan fingerprint density at radius 1 is 1.11 bits per heavy atom. The molecular formula is C32H34F3N5O4S2. The Labute approximate surface area is 269 Å². The minimum absolute atomic E-state index is 0.0161. The van der Waals surface area contributed by atoms with Gasteiger partial charge >= 0.3 is 6.18 Å². The molecule has 2 aromatic heterocycles. The molecule has 2 saturated carbocycles. The number of benzene rings is 1. The third kappa shape index (κ3) is 5.60. The second kappa shape index (κ2) is 10.7. The third-order valence-corrected chi connectivity index (χ3v) is 12.6. The SMILES string of the molecule is CC1(CN2CCc3cc(Nc4ncc(C(F)(F)F)c(-c5cc6c(s5)C(=O)N(C5CC5)CCS6(=O)=O)n4)c(C4CC4)cc3C2)COC1. The molecule has 14 heteroatoms. The largest absolute Gasteiger partial charge is 0.420 e. The summed E-state index contributed by atoms with van der Waals surface area (Å²) in [7, 11) is -3.88. The molecule has 0 atom stereocenters. The van der Waals surface area contributed by atoms with E-state index in [-0.39, 0.29) is 44.4 Å². The molecule has 0 spiro atoms. The molecular weight excluding hydrogens is 640 g/mol. The van der Waals surface area contributed by atoms with Gasteiger partial charge in [0, 0.05) is 49.5 Å². The standard InChI is InChI=1S/C32H34F3N5O4S2/c1-31(16-44-17-31)15-39-7-6-19-11-24(22(18-2-3-18)10-20(19)14-39)37-30-36-13-23(32(33,34)35)27(38-30)25-12-26-28(45-25)29(41)40(21-4-5-21)8-9-46(26,42)43/h10-13,18,21H,2-9,14-17H2,1H3,(H,36,37,38). The van der Waals surface area contributed by atoms with Crippen LogP contribution < -0.4 is 5.32 Å². The van der Waals surface area contributed by atoms with Crippen LogP contribution in [0.3, 0.4) is 0 Å². The van der Waals surface area contributed by atoms with Crippen LogP contribution >= 0.6 is 11.3 Å². The molecule has 8 rings (SSSR count). The molecule has 46 heavy (non-hydrogen) atoms. The highest BCUT2D eigenvalue weighted by atomic mass is 32.2. The van der Waals surface area contributed by atoms with Gasteiger partial charge in [-0.25, -0.2) is 18.4 Å². The van der Waals surface area contributed by atoms with Gasteiger partial charge in [-0.05, 0) is 66.8 Å². The Morgan fingerprint density at radius 3 is 2.57 bits per heavy atom. The van der Waals surface area contributed by atoms with Gasteiger partial charge in [0.15, 0.2) is 9.84 Å². The van der Waals surface area contributed by atoms with E-state index in [1.165, 1.54) is 22.1 Å². The van der Waals surface area contributed by atoms with Crippen LogP contribution in [0.15, 0.2) is 29.3 Å². The number of amides is 1. The number of thiophene rings is 1. The van der Waals surface area contributed by atoms with Crippen molar-refractivity contribution in [1.29, 1.82) is 0 Å². The summed E-state index contributed by atoms with van der Waals surface area (Å²) in [5.74, 6) is -0.382. The van der Waals surface area contributed by atoms with Crippen LogP contribution in [0.5, 0.6) is 0 Å². The molecule has 5 aliphatic rings. The molecule has 1 aromatic carbocycles. The molecule has 9 nitrogen and oxygen atoms in total. The third-order valence-electron chi connectivity index (χ3n) is 9.64. The van der Waals surface area contributed by atoms with E-state index >= 15 is 0 Å². The molecule has 1 amide bonds. The van der Waals surface area contributed by atoms with Crippen LogP contribution in [-0.4, -0.2) is 78.7 Å². The minimum Gasteiger partial charge on any atom is -0.380 e. The number of anilines is 2. The molecule has 5 heterocycles. The summed E-state index contributed by atoms with van der Waals surface area (Å²) in [5.41, 5.74) is 2.99. The van der Waals surface area contributed by atoms with Crippen molar-refractivity contribution in [3.8, 4) is 10.6 Å². The van der Waals surface area contributed by atoms with Crippen molar-refractivity contribution in [2.24, 2.45) is 5.41 Å². The quantitative estimate of drug-likeness (QED) is 0.344. The van der Waals surface area contributed by atoms with Gasteiger partial charge in [0.2, 0.25) is 5.95 Å². The van der Waals surface area contributed by atoms with Crippen molar-refractivity contribution in [2.45, 2.75) is 68.6 Å². The van der Waals surface area contributed by atoms with E-state index in [1.54, 1.807) is 0 Å². The zero-order chi connectivity index (χ0) is 32.0. The molecule has 1 N–H and O–H groups in total. The van der Waals surface area contributed by atoms with Gasteiger partial charge in [0.25, 0.3) is 5.91 Å². The highest BCUT2D eigenvalue weighted by Crippen LogP contribution is 2.47. The number of aromatic nitrogens is 2. The number of ether oxygens (including phenoxy) is 1. The fourth-order valence-electron chi connectivity index (χ4n) is 6.87. The number of sulfone groups is 1. The summed E-state index contributed by atoms with van der Waals surface area (Å²) >= 11 is 0.752. The van der Waals surface area contributed by atoms with E-state index in [1.807, 2.05) is 0 Å². The predicted octanol–water partition coefficient (Wildman–Crippen LogP) is 5.63. The summed E-state index contributed by atoms with van der Waals surface area (Å²) in [6, 6.07) is 5.47. The first-order chi connectivity index (χ1) is 21.9. The minimum atomic E-state index is -4.79. The number of nitrogens with one attached hydrogen (secondary N) is 1. The molecule has 3 fully saturated rings. The van der Waals surface area contributed by atoms with Gasteiger partial charge in [-0.2, -0.15) is 13.2 Å². The lowest BCUT2D eigenvalue weighted by molar-refractivity contribution is -0.137. The monoisotopic (exact) mass is 673 g/mol. The van der Waals surface area contributed by atoms with E-state index in [4.69, 9.17) is 4.74 Å². The normalized spacial score (nSPS) is 22.5. The number of fused-ring (bicyclic) bond motifs is 2. The van der Waals surface area contributed by atoms with Gasteiger partial charge < -0.3 is 15.0 Å². The Balaban J connectivity index is 1.14. The summed E-state index contributed by atoms with van der Waals surface area (Å²) in [6.45, 7) is 6.61. The molecule has 1 saturated heterocycles. The van der Waals surface area contributed by atoms with E-state index in [0.29, 0.717) is 5.92 Å². The lowest BCUT2D eigenvalue weighted by Gasteiger charge is -2.43. The highest BCUT2D eigenvalue weighted by molar-refractivity contribution is 7.91. The average Bonchev–Trinajstić information content (AvgIpc) is 3.93. The van der Waals surface area contributed by atoms with Crippen LogP contribution in [0.2, 0.25) is 0 Å². The highest BCUT2D eigenvalue weighted by Gasteiger charge is 2.42. The van der Waals surface area contributed by atoms with Crippen LogP contribution in [0.4, 0.5) is 24.8 Å². The van der Waals surface area contributed by atoms with Gasteiger partial charge in [0.05, 0.1) is 34.4 Å². The van der Waals surface area contributed by atoms with Crippen molar-refractivity contribution in [3.05, 3.63) is 51.5 Å². The Kier molecular flexibility index (Phi) is 7.06. The maximum absolute atomic E-state index is 14.3. The smallest absolute Gasteiger partial charge is 0.380 e. The lowest BCUT2D eigenvalue weighted by Crippen LogP contribution is -2.49. The molecule has 244 valence electrons. The first-order valence-corrected chi connectivity index (χ1v) is 18.2. The fraction of sp³-hybridized carbons (Fsp3) is 0.531. The first-order valence-electron chi connectivity index (χ1n) is 15.7. The predicted molar refractivity (Wildman–Crippen MR) is 166 cm³/mol. The summed E-state index contributed by atoms with van der Waals surface area (Å²) in [5, 5.41) is 3.22. The van der Waals surface area contributed by atoms with Crippen molar-refractivity contribution in [1.82, 2.24) is 19.8 Å². The maximum Gasteiger partial charge on any atom is 0.420 e. The number of hydrogen-bond donors (Lipinski definition) is 1. The van der Waals surface area contributed by atoms with Gasteiger partial charge in [0.1, 0.15) is 10.4 Å². The van der Waals surface area contributed by atoms with Gasteiger partial charge in [-0.3, -0.25) is 9.69 Å². The van der Waals surface area contributed by atoms with Gasteiger partial charge in [-0.1, -0.05) is 13.0 Å². The number of rotatable bonds is 7. The number of nitrogens with zero attached hydrogens (tertiary/aromatic N) is 4. The zero-order valence-electron chi connectivity index (χ0n) is 25.3. The Bertz CT molecular complexity index is 1850. The van der Waals surface area contributed by atoms with Crippen LogP contribution in [-0.2, 0) is 33.7 Å². The molecule has 0 unspecified atom stereocenters. The van der Waals surface area contributed by atoms with Gasteiger partial charge in [-0.15, -0.1) is 11.3 Å². The second-order valence-corrected chi connectivity index (χ2v) is 16.8. The number of hydrogen-bond acceptors (Lipinski definition) is 9. The number of alkyl halides is 3. The molecule has 0 radical (unpaired) electrons. The van der Waals surface area contributed by atoms with E-state index in [0.717, 1.165) is 93.7 Å². The topological polar surface area (TPSA) is 105 Å². The summed E-state index contributed by atoms with van der Waals surface area (Å²) in [6.07, 6.45) is 0.443. The first kappa shape index (κ1) is 30.3. The van der Waals surface area contributed by atoms with Crippen LogP contribution in [0.25, 0.3) is 10.6 Å². The van der Waals surface area contributed by atoms with Crippen molar-refractivity contribution in [2.75, 3.05) is 43.9 Å². The Hall–Kier alpha value is -3.07. The second-order valence-electron chi connectivity index (χ2n) is 13.7. The number of carbonyl (C=O) groups excluding carboxylic acids is 1. The zero-order valence-corrected chi connectivity index (χ0v) is 27.0. The number of carbonyl (C=O) groups is 1. The summed E-state index contributed by atoms with van der Waals surface area (Å²) < 4.78 is 74.6. The fourth-order valence-corrected chi connectivity index (χ4v) is 9.79. The maximum atomic E-state index is 14.3. The van der Waals surface area contributed by atoms with Crippen LogP contribution in [0.1, 0.15) is 70.5 Å².